The van der Waals surface area contributed by atoms with E-state index in [1.165, 1.54) is 7.11 Å². The number of hydrogen-bond acceptors (Lipinski definition) is 2. The van der Waals surface area contributed by atoms with Gasteiger partial charge in [0.2, 0.25) is 0 Å². The highest BCUT2D eigenvalue weighted by atomic mass is 35.5. The lowest BCUT2D eigenvalue weighted by Crippen LogP contribution is -2.08. The van der Waals surface area contributed by atoms with Gasteiger partial charge in [0.05, 0.1) is 12.8 Å². The fourth-order valence-corrected chi connectivity index (χ4v) is 1.05. The van der Waals surface area contributed by atoms with Crippen molar-refractivity contribution in [2.45, 2.75) is 0 Å². The second-order valence-corrected chi connectivity index (χ2v) is 2.73. The Morgan fingerprint density at radius 1 is 1.58 bits per heavy atom. The first-order chi connectivity index (χ1) is 5.74. The molecule has 1 aromatic rings. The van der Waals surface area contributed by atoms with Gasteiger partial charge in [-0.25, -0.2) is 0 Å². The van der Waals surface area contributed by atoms with Crippen LogP contribution in [0.5, 0.6) is 0 Å². The Kier molecular flexibility index (Phi) is 3.14. The maximum atomic E-state index is 5.78. The van der Waals surface area contributed by atoms with E-state index in [1.54, 1.807) is 0 Å². The molecule has 1 aromatic carbocycles. The van der Waals surface area contributed by atoms with Crippen molar-refractivity contribution in [1.82, 2.24) is 5.48 Å². The molecule has 0 spiro atoms. The standard InChI is InChI=1S/C9H10ClNO/c1-7(11-12-2)8-4-3-5-9(10)6-8/h3-6,11H,1H2,2H3. The molecule has 0 atom stereocenters. The number of halogens is 1. The maximum Gasteiger partial charge on any atom is 0.0636 e. The molecule has 0 saturated heterocycles. The third kappa shape index (κ3) is 2.26. The fourth-order valence-electron chi connectivity index (χ4n) is 0.858. The van der Waals surface area contributed by atoms with Crippen LogP contribution in [0.4, 0.5) is 0 Å². The summed E-state index contributed by atoms with van der Waals surface area (Å²) in [7, 11) is 1.54. The van der Waals surface area contributed by atoms with Crippen LogP contribution in [0.3, 0.4) is 0 Å². The molecule has 3 heteroatoms. The lowest BCUT2D eigenvalue weighted by atomic mass is 10.2. The fraction of sp³-hybridized carbons (Fsp3) is 0.111. The van der Waals surface area contributed by atoms with Crippen LogP contribution in [-0.2, 0) is 4.84 Å². The van der Waals surface area contributed by atoms with Gasteiger partial charge >= 0.3 is 0 Å². The number of rotatable bonds is 3. The molecule has 0 bridgehead atoms. The second-order valence-electron chi connectivity index (χ2n) is 2.30. The molecule has 0 aliphatic heterocycles. The van der Waals surface area contributed by atoms with E-state index in [4.69, 9.17) is 16.4 Å². The summed E-state index contributed by atoms with van der Waals surface area (Å²) in [5, 5.41) is 0.687. The van der Waals surface area contributed by atoms with Crippen molar-refractivity contribution in [3.63, 3.8) is 0 Å². The molecule has 64 valence electrons. The molecule has 0 radical (unpaired) electrons. The van der Waals surface area contributed by atoms with E-state index >= 15 is 0 Å². The maximum absolute atomic E-state index is 5.78. The molecule has 0 aliphatic rings. The molecule has 0 fully saturated rings. The highest BCUT2D eigenvalue weighted by Gasteiger charge is 1.97. The zero-order valence-electron chi connectivity index (χ0n) is 6.80. The predicted molar refractivity (Wildman–Crippen MR) is 50.6 cm³/mol. The average molecular weight is 184 g/mol. The average Bonchev–Trinajstić information content (AvgIpc) is 2.05. The van der Waals surface area contributed by atoms with Crippen molar-refractivity contribution in [2.24, 2.45) is 0 Å². The van der Waals surface area contributed by atoms with Gasteiger partial charge in [0, 0.05) is 10.6 Å². The quantitative estimate of drug-likeness (QED) is 0.727. The van der Waals surface area contributed by atoms with Crippen LogP contribution < -0.4 is 5.48 Å². The molecule has 0 aromatic heterocycles. The minimum absolute atomic E-state index is 0.687. The third-order valence-corrected chi connectivity index (χ3v) is 1.63. The summed E-state index contributed by atoms with van der Waals surface area (Å²) in [6.07, 6.45) is 0. The molecular formula is C9H10ClNO. The predicted octanol–water partition coefficient (Wildman–Crippen LogP) is 2.46. The van der Waals surface area contributed by atoms with E-state index in [-0.39, 0.29) is 0 Å². The lowest BCUT2D eigenvalue weighted by molar-refractivity contribution is 0.137. The Labute approximate surface area is 76.8 Å². The van der Waals surface area contributed by atoms with Crippen molar-refractivity contribution in [3.8, 4) is 0 Å². The van der Waals surface area contributed by atoms with Crippen molar-refractivity contribution in [2.75, 3.05) is 7.11 Å². The summed E-state index contributed by atoms with van der Waals surface area (Å²) in [4.78, 5) is 4.71. The molecule has 0 aliphatic carbocycles. The summed E-state index contributed by atoms with van der Waals surface area (Å²) in [5.41, 5.74) is 4.25. The Balaban J connectivity index is 2.81. The van der Waals surface area contributed by atoms with E-state index in [2.05, 4.69) is 12.1 Å². The molecule has 0 saturated carbocycles. The minimum atomic E-state index is 0.687. The van der Waals surface area contributed by atoms with E-state index < -0.39 is 0 Å². The minimum Gasteiger partial charge on any atom is -0.279 e. The Morgan fingerprint density at radius 3 is 2.92 bits per heavy atom. The van der Waals surface area contributed by atoms with Crippen LogP contribution in [0, 0.1) is 0 Å². The molecule has 1 N–H and O–H groups in total. The zero-order valence-corrected chi connectivity index (χ0v) is 7.56. The van der Waals surface area contributed by atoms with Gasteiger partial charge in [-0.05, 0) is 12.1 Å². The number of hydroxylamine groups is 1. The SMILES string of the molecule is C=C(NOC)c1cccc(Cl)c1. The first-order valence-electron chi connectivity index (χ1n) is 3.48. The molecule has 1 rings (SSSR count). The first-order valence-corrected chi connectivity index (χ1v) is 3.85. The topological polar surface area (TPSA) is 21.3 Å². The van der Waals surface area contributed by atoms with Gasteiger partial charge in [-0.3, -0.25) is 10.3 Å². The van der Waals surface area contributed by atoms with Crippen LogP contribution in [0.25, 0.3) is 5.70 Å². The smallest absolute Gasteiger partial charge is 0.0636 e. The summed E-state index contributed by atoms with van der Waals surface area (Å²) in [6.45, 7) is 3.76. The lowest BCUT2D eigenvalue weighted by Gasteiger charge is -2.06. The largest absolute Gasteiger partial charge is 0.279 e. The summed E-state index contributed by atoms with van der Waals surface area (Å²) in [6, 6.07) is 7.39. The van der Waals surface area contributed by atoms with Crippen molar-refractivity contribution < 1.29 is 4.84 Å². The van der Waals surface area contributed by atoms with Crippen molar-refractivity contribution in [3.05, 3.63) is 41.4 Å². The normalized spacial score (nSPS) is 9.50. The van der Waals surface area contributed by atoms with Gasteiger partial charge in [-0.1, -0.05) is 30.3 Å². The molecular weight excluding hydrogens is 174 g/mol. The third-order valence-electron chi connectivity index (χ3n) is 1.40. The highest BCUT2D eigenvalue weighted by Crippen LogP contribution is 2.15. The summed E-state index contributed by atoms with van der Waals surface area (Å²) in [5.74, 6) is 0. The van der Waals surface area contributed by atoms with Crippen LogP contribution >= 0.6 is 11.6 Å². The number of hydrogen-bond donors (Lipinski definition) is 1. The molecule has 12 heavy (non-hydrogen) atoms. The Bertz CT molecular complexity index is 286. The first kappa shape index (κ1) is 9.10. The van der Waals surface area contributed by atoms with Crippen LogP contribution in [0.1, 0.15) is 5.56 Å². The van der Waals surface area contributed by atoms with Crippen molar-refractivity contribution >= 4 is 17.3 Å². The van der Waals surface area contributed by atoms with Crippen molar-refractivity contribution in [1.29, 1.82) is 0 Å². The van der Waals surface area contributed by atoms with E-state index in [0.717, 1.165) is 5.56 Å². The Hall–Kier alpha value is -0.990. The Morgan fingerprint density at radius 2 is 2.33 bits per heavy atom. The van der Waals surface area contributed by atoms with Gasteiger partial charge in [0.15, 0.2) is 0 Å². The summed E-state index contributed by atoms with van der Waals surface area (Å²) >= 11 is 5.78. The summed E-state index contributed by atoms with van der Waals surface area (Å²) < 4.78 is 0. The molecule has 0 unspecified atom stereocenters. The molecule has 0 heterocycles. The van der Waals surface area contributed by atoms with E-state index in [1.807, 2.05) is 24.3 Å². The van der Waals surface area contributed by atoms with Gasteiger partial charge in [0.25, 0.3) is 0 Å². The van der Waals surface area contributed by atoms with Gasteiger partial charge in [0.1, 0.15) is 0 Å². The zero-order chi connectivity index (χ0) is 8.97. The highest BCUT2D eigenvalue weighted by molar-refractivity contribution is 6.30. The molecule has 2 nitrogen and oxygen atoms in total. The van der Waals surface area contributed by atoms with Gasteiger partial charge in [-0.15, -0.1) is 0 Å². The second kappa shape index (κ2) is 4.14. The van der Waals surface area contributed by atoms with Gasteiger partial charge in [-0.2, -0.15) is 0 Å². The van der Waals surface area contributed by atoms with E-state index in [9.17, 15) is 0 Å². The number of benzene rings is 1. The number of nitrogens with one attached hydrogen (secondary N) is 1. The van der Waals surface area contributed by atoms with E-state index in [0.29, 0.717) is 10.7 Å². The molecule has 0 amide bonds. The van der Waals surface area contributed by atoms with Crippen LogP contribution in [-0.4, -0.2) is 7.11 Å². The van der Waals surface area contributed by atoms with Crippen LogP contribution in [0.15, 0.2) is 30.8 Å². The van der Waals surface area contributed by atoms with Crippen LogP contribution in [0.2, 0.25) is 5.02 Å². The monoisotopic (exact) mass is 183 g/mol. The van der Waals surface area contributed by atoms with Gasteiger partial charge < -0.3 is 0 Å².